The highest BCUT2D eigenvalue weighted by Gasteiger charge is 2.14. The van der Waals surface area contributed by atoms with Gasteiger partial charge in [-0.15, -0.1) is 0 Å². The largest absolute Gasteiger partial charge is 0.464 e. The van der Waals surface area contributed by atoms with Gasteiger partial charge in [-0.05, 0) is 38.1 Å². The van der Waals surface area contributed by atoms with E-state index in [0.717, 1.165) is 34.8 Å². The Labute approximate surface area is 157 Å². The van der Waals surface area contributed by atoms with Crippen LogP contribution in [0, 0.1) is 6.92 Å². The molecule has 3 aromatic rings. The van der Waals surface area contributed by atoms with Crippen molar-refractivity contribution in [2.45, 2.75) is 25.5 Å². The van der Waals surface area contributed by atoms with E-state index in [1.54, 1.807) is 11.9 Å². The molecule has 6 nitrogen and oxygen atoms in total. The number of anilines is 1. The molecular weight excluding hydrogens is 348 g/mol. The number of nitrogens with one attached hydrogen (secondary N) is 1. The van der Waals surface area contributed by atoms with Crippen molar-refractivity contribution in [1.82, 2.24) is 14.9 Å². The maximum absolute atomic E-state index is 12.4. The van der Waals surface area contributed by atoms with Crippen molar-refractivity contribution in [2.75, 3.05) is 24.7 Å². The molecule has 7 heteroatoms. The Kier molecular flexibility index (Phi) is 5.78. The van der Waals surface area contributed by atoms with Crippen LogP contribution in [-0.2, 0) is 11.3 Å². The number of carbonyl (C=O) groups is 1. The number of aryl methyl sites for hydroxylation is 1. The van der Waals surface area contributed by atoms with Crippen molar-refractivity contribution in [2.24, 2.45) is 0 Å². The number of rotatable bonds is 7. The minimum Gasteiger partial charge on any atom is -0.464 e. The summed E-state index contributed by atoms with van der Waals surface area (Å²) in [6.07, 6.45) is 0. The van der Waals surface area contributed by atoms with E-state index >= 15 is 0 Å². The van der Waals surface area contributed by atoms with Crippen LogP contribution in [0.5, 0.6) is 0 Å². The minimum absolute atomic E-state index is 0.00538. The third kappa shape index (κ3) is 4.35. The van der Waals surface area contributed by atoms with Crippen molar-refractivity contribution in [1.29, 1.82) is 0 Å². The summed E-state index contributed by atoms with van der Waals surface area (Å²) in [6.45, 7) is 5.14. The van der Waals surface area contributed by atoms with E-state index in [-0.39, 0.29) is 11.7 Å². The van der Waals surface area contributed by atoms with Crippen molar-refractivity contribution in [3.63, 3.8) is 0 Å². The first-order valence-corrected chi connectivity index (χ1v) is 9.48. The summed E-state index contributed by atoms with van der Waals surface area (Å²) in [5.74, 6) is 2.70. The molecule has 0 aliphatic heterocycles. The van der Waals surface area contributed by atoms with Gasteiger partial charge in [-0.1, -0.05) is 23.9 Å². The third-order valence-electron chi connectivity index (χ3n) is 3.87. The van der Waals surface area contributed by atoms with Crippen LogP contribution in [-0.4, -0.2) is 40.1 Å². The van der Waals surface area contributed by atoms with Gasteiger partial charge < -0.3 is 14.6 Å². The molecule has 0 aliphatic rings. The zero-order chi connectivity index (χ0) is 18.5. The Bertz CT molecular complexity index is 909. The molecular formula is C19H22N4O2S. The molecule has 26 heavy (non-hydrogen) atoms. The summed E-state index contributed by atoms with van der Waals surface area (Å²) in [5.41, 5.74) is 0.868. The lowest BCUT2D eigenvalue weighted by Crippen LogP contribution is -2.27. The summed E-state index contributed by atoms with van der Waals surface area (Å²) >= 11 is 1.34. The normalized spacial score (nSPS) is 10.9. The SMILES string of the molecule is CCNc1nc(SCC(=O)N(C)Cc2ccc(C)o2)nc2ccccc12. The average molecular weight is 370 g/mol. The number of hydrogen-bond donors (Lipinski definition) is 1. The number of carbonyl (C=O) groups excluding carboxylic acids is 1. The van der Waals surface area contributed by atoms with Gasteiger partial charge in [-0.3, -0.25) is 4.79 Å². The summed E-state index contributed by atoms with van der Waals surface area (Å²) in [4.78, 5) is 23.2. The zero-order valence-corrected chi connectivity index (χ0v) is 16.0. The monoisotopic (exact) mass is 370 g/mol. The number of aromatic nitrogens is 2. The molecule has 0 unspecified atom stereocenters. The highest BCUT2D eigenvalue weighted by molar-refractivity contribution is 7.99. The first-order valence-electron chi connectivity index (χ1n) is 8.49. The first kappa shape index (κ1) is 18.3. The van der Waals surface area contributed by atoms with Gasteiger partial charge in [0.1, 0.15) is 17.3 Å². The van der Waals surface area contributed by atoms with Gasteiger partial charge in [-0.2, -0.15) is 0 Å². The van der Waals surface area contributed by atoms with E-state index in [1.807, 2.05) is 50.2 Å². The Morgan fingerprint density at radius 1 is 1.23 bits per heavy atom. The molecule has 0 spiro atoms. The topological polar surface area (TPSA) is 71.3 Å². The molecule has 1 aromatic carbocycles. The van der Waals surface area contributed by atoms with Gasteiger partial charge in [0.2, 0.25) is 5.91 Å². The average Bonchev–Trinajstić information content (AvgIpc) is 3.04. The number of nitrogens with zero attached hydrogens (tertiary/aromatic N) is 3. The molecule has 1 amide bonds. The molecule has 0 radical (unpaired) electrons. The Hall–Kier alpha value is -2.54. The second-order valence-electron chi connectivity index (χ2n) is 5.95. The van der Waals surface area contributed by atoms with Crippen LogP contribution >= 0.6 is 11.8 Å². The lowest BCUT2D eigenvalue weighted by molar-refractivity contribution is -0.127. The number of hydrogen-bond acceptors (Lipinski definition) is 6. The molecule has 0 bridgehead atoms. The Morgan fingerprint density at radius 2 is 2.04 bits per heavy atom. The van der Waals surface area contributed by atoms with Gasteiger partial charge in [0, 0.05) is 19.0 Å². The summed E-state index contributed by atoms with van der Waals surface area (Å²) in [6, 6.07) is 11.6. The quantitative estimate of drug-likeness (QED) is 0.505. The van der Waals surface area contributed by atoms with Crippen molar-refractivity contribution >= 4 is 34.4 Å². The number of furan rings is 1. The fourth-order valence-electron chi connectivity index (χ4n) is 2.55. The second-order valence-corrected chi connectivity index (χ2v) is 6.90. The van der Waals surface area contributed by atoms with Crippen LogP contribution < -0.4 is 5.32 Å². The molecule has 0 fully saturated rings. The minimum atomic E-state index is 0.00538. The molecule has 0 saturated heterocycles. The second kappa shape index (κ2) is 8.23. The molecule has 0 saturated carbocycles. The smallest absolute Gasteiger partial charge is 0.233 e. The van der Waals surface area contributed by atoms with E-state index in [1.165, 1.54) is 11.8 Å². The summed E-state index contributed by atoms with van der Waals surface area (Å²) in [5, 5.41) is 4.84. The summed E-state index contributed by atoms with van der Waals surface area (Å²) < 4.78 is 5.52. The van der Waals surface area contributed by atoms with Gasteiger partial charge in [-0.25, -0.2) is 9.97 Å². The van der Waals surface area contributed by atoms with Crippen LogP contribution in [0.1, 0.15) is 18.4 Å². The molecule has 136 valence electrons. The van der Waals surface area contributed by atoms with Crippen molar-refractivity contribution in [3.8, 4) is 0 Å². The van der Waals surface area contributed by atoms with E-state index < -0.39 is 0 Å². The predicted octanol–water partition coefficient (Wildman–Crippen LogP) is 3.71. The third-order valence-corrected chi connectivity index (χ3v) is 4.70. The molecule has 0 atom stereocenters. The first-order chi connectivity index (χ1) is 12.6. The van der Waals surface area contributed by atoms with E-state index in [9.17, 15) is 4.79 Å². The predicted molar refractivity (Wildman–Crippen MR) is 104 cm³/mol. The number of para-hydroxylation sites is 1. The molecule has 2 aromatic heterocycles. The van der Waals surface area contributed by atoms with Gasteiger partial charge in [0.25, 0.3) is 0 Å². The van der Waals surface area contributed by atoms with Crippen LogP contribution in [0.15, 0.2) is 46.0 Å². The van der Waals surface area contributed by atoms with E-state index in [4.69, 9.17) is 4.42 Å². The maximum atomic E-state index is 12.4. The number of fused-ring (bicyclic) bond motifs is 1. The Balaban J connectivity index is 1.67. The van der Waals surface area contributed by atoms with Gasteiger partial charge in [0.05, 0.1) is 17.8 Å². The van der Waals surface area contributed by atoms with Crippen LogP contribution in [0.2, 0.25) is 0 Å². The molecule has 0 aliphatic carbocycles. The van der Waals surface area contributed by atoms with Gasteiger partial charge >= 0.3 is 0 Å². The number of benzene rings is 1. The van der Waals surface area contributed by atoms with E-state index in [0.29, 0.717) is 11.7 Å². The lowest BCUT2D eigenvalue weighted by Gasteiger charge is -2.15. The van der Waals surface area contributed by atoms with Gasteiger partial charge in [0.15, 0.2) is 5.16 Å². The van der Waals surface area contributed by atoms with Crippen molar-refractivity contribution in [3.05, 3.63) is 47.9 Å². The zero-order valence-electron chi connectivity index (χ0n) is 15.2. The highest BCUT2D eigenvalue weighted by Crippen LogP contribution is 2.24. The standard InChI is InChI=1S/C19H22N4O2S/c1-4-20-18-15-7-5-6-8-16(15)21-19(22-18)26-12-17(24)23(3)11-14-10-9-13(2)25-14/h5-10H,4,11-12H2,1-3H3,(H,20,21,22). The highest BCUT2D eigenvalue weighted by atomic mass is 32.2. The van der Waals surface area contributed by atoms with E-state index in [2.05, 4.69) is 15.3 Å². The van der Waals surface area contributed by atoms with Crippen LogP contribution in [0.3, 0.4) is 0 Å². The fraction of sp³-hybridized carbons (Fsp3) is 0.316. The van der Waals surface area contributed by atoms with Crippen LogP contribution in [0.4, 0.5) is 5.82 Å². The summed E-state index contributed by atoms with van der Waals surface area (Å²) in [7, 11) is 1.77. The van der Waals surface area contributed by atoms with Crippen LogP contribution in [0.25, 0.3) is 10.9 Å². The maximum Gasteiger partial charge on any atom is 0.233 e. The number of amides is 1. The molecule has 2 heterocycles. The van der Waals surface area contributed by atoms with Crippen molar-refractivity contribution < 1.29 is 9.21 Å². The molecule has 3 rings (SSSR count). The number of thioether (sulfide) groups is 1. The Morgan fingerprint density at radius 3 is 2.77 bits per heavy atom. The molecule has 1 N–H and O–H groups in total. The fourth-order valence-corrected chi connectivity index (χ4v) is 3.34. The lowest BCUT2D eigenvalue weighted by atomic mass is 10.2.